The van der Waals surface area contributed by atoms with E-state index >= 15 is 0 Å². The fourth-order valence-electron chi connectivity index (χ4n) is 3.23. The zero-order valence-electron chi connectivity index (χ0n) is 14.8. The molecule has 2 aromatic heterocycles. The van der Waals surface area contributed by atoms with Crippen LogP contribution in [0.25, 0.3) is 22.2 Å². The Labute approximate surface area is 161 Å². The van der Waals surface area contributed by atoms with E-state index in [9.17, 15) is 0 Å². The molecule has 1 unspecified atom stereocenters. The molecule has 4 aromatic rings. The molecule has 1 atom stereocenters. The molecule has 2 aromatic carbocycles. The topological polar surface area (TPSA) is 113 Å². The van der Waals surface area contributed by atoms with Crippen LogP contribution in [0.4, 0.5) is 0 Å². The summed E-state index contributed by atoms with van der Waals surface area (Å²) < 4.78 is 5.44. The molecule has 0 aliphatic heterocycles. The average Bonchev–Trinajstić information content (AvgIpc) is 3.16. The minimum Gasteiger partial charge on any atom is -0.356 e. The van der Waals surface area contributed by atoms with Crippen LogP contribution >= 0.6 is 0 Å². The molecule has 0 amide bonds. The first-order valence-corrected chi connectivity index (χ1v) is 8.70. The summed E-state index contributed by atoms with van der Waals surface area (Å²) in [6.45, 7) is 0. The summed E-state index contributed by atoms with van der Waals surface area (Å²) >= 11 is 0. The number of hydrogen-bond acceptors (Lipinski definition) is 6. The molecule has 0 radical (unpaired) electrons. The minimum absolute atomic E-state index is 0.331. The normalized spacial score (nSPS) is 11.7. The van der Waals surface area contributed by atoms with Crippen LogP contribution in [-0.2, 0) is 6.42 Å². The van der Waals surface area contributed by atoms with Crippen molar-refractivity contribution in [2.45, 2.75) is 12.5 Å². The smallest absolute Gasteiger partial charge is 0.168 e. The van der Waals surface area contributed by atoms with Crippen LogP contribution in [0.5, 0.6) is 0 Å². The first kappa shape index (κ1) is 17.4. The molecular formula is C22H15N5O. The lowest BCUT2D eigenvalue weighted by Crippen LogP contribution is -2.15. The summed E-state index contributed by atoms with van der Waals surface area (Å²) in [5.41, 5.74) is 11.2. The maximum Gasteiger partial charge on any atom is 0.168 e. The zero-order chi connectivity index (χ0) is 19.5. The Kier molecular flexibility index (Phi) is 4.55. The fraction of sp³-hybridized carbons (Fsp3) is 0.0909. The van der Waals surface area contributed by atoms with Gasteiger partial charge < -0.3 is 10.3 Å². The highest BCUT2D eigenvalue weighted by atomic mass is 16.5. The van der Waals surface area contributed by atoms with Gasteiger partial charge in [-0.25, -0.2) is 4.98 Å². The van der Waals surface area contributed by atoms with Gasteiger partial charge in [0, 0.05) is 35.2 Å². The predicted octanol–water partition coefficient (Wildman–Crippen LogP) is 3.88. The maximum absolute atomic E-state index is 9.06. The molecule has 0 saturated heterocycles. The van der Waals surface area contributed by atoms with Crippen molar-refractivity contribution in [2.24, 2.45) is 5.73 Å². The number of pyridine rings is 1. The van der Waals surface area contributed by atoms with Gasteiger partial charge in [0.25, 0.3) is 0 Å². The SMILES string of the molecule is N#Cc1ccc2c(-c3ccccc3C(N)Cc3cccc(C#N)n3)noc2c1. The Morgan fingerprint density at radius 3 is 2.68 bits per heavy atom. The number of benzene rings is 2. The number of nitriles is 2. The van der Waals surface area contributed by atoms with Crippen molar-refractivity contribution in [3.8, 4) is 23.4 Å². The second-order valence-electron chi connectivity index (χ2n) is 6.38. The highest BCUT2D eigenvalue weighted by molar-refractivity contribution is 5.93. The number of rotatable bonds is 4. The average molecular weight is 365 g/mol. The lowest BCUT2D eigenvalue weighted by molar-refractivity contribution is 0.459. The molecule has 0 aliphatic carbocycles. The van der Waals surface area contributed by atoms with Crippen LogP contribution < -0.4 is 5.73 Å². The number of aromatic nitrogens is 2. The molecule has 0 aliphatic rings. The van der Waals surface area contributed by atoms with Crippen molar-refractivity contribution in [2.75, 3.05) is 0 Å². The van der Waals surface area contributed by atoms with Crippen LogP contribution in [0.3, 0.4) is 0 Å². The number of nitrogens with two attached hydrogens (primary N) is 1. The van der Waals surface area contributed by atoms with E-state index in [0.29, 0.717) is 29.0 Å². The van der Waals surface area contributed by atoms with E-state index in [2.05, 4.69) is 16.2 Å². The van der Waals surface area contributed by atoms with Crippen molar-refractivity contribution in [3.63, 3.8) is 0 Å². The third kappa shape index (κ3) is 3.21. The van der Waals surface area contributed by atoms with Gasteiger partial charge in [-0.15, -0.1) is 0 Å². The predicted molar refractivity (Wildman–Crippen MR) is 104 cm³/mol. The molecule has 2 N–H and O–H groups in total. The monoisotopic (exact) mass is 365 g/mol. The van der Waals surface area contributed by atoms with Crippen LogP contribution in [0.1, 0.15) is 28.6 Å². The number of fused-ring (bicyclic) bond motifs is 1. The van der Waals surface area contributed by atoms with Crippen LogP contribution in [0, 0.1) is 22.7 Å². The molecule has 0 fully saturated rings. The second kappa shape index (κ2) is 7.32. The number of nitrogens with zero attached hydrogens (tertiary/aromatic N) is 4. The molecule has 0 saturated carbocycles. The lowest BCUT2D eigenvalue weighted by atomic mass is 9.94. The van der Waals surface area contributed by atoms with Crippen molar-refractivity contribution in [3.05, 3.63) is 83.2 Å². The van der Waals surface area contributed by atoms with E-state index in [1.807, 2.05) is 42.5 Å². The van der Waals surface area contributed by atoms with E-state index in [0.717, 1.165) is 22.2 Å². The second-order valence-corrected chi connectivity index (χ2v) is 6.38. The van der Waals surface area contributed by atoms with Gasteiger partial charge in [0.05, 0.1) is 11.6 Å². The van der Waals surface area contributed by atoms with Gasteiger partial charge in [-0.2, -0.15) is 10.5 Å². The third-order valence-corrected chi connectivity index (χ3v) is 4.57. The Morgan fingerprint density at radius 2 is 1.86 bits per heavy atom. The first-order valence-electron chi connectivity index (χ1n) is 8.70. The summed E-state index contributed by atoms with van der Waals surface area (Å²) in [6, 6.07) is 22.1. The first-order chi connectivity index (χ1) is 13.7. The lowest BCUT2D eigenvalue weighted by Gasteiger charge is -2.15. The Hall–Kier alpha value is -4.00. The summed E-state index contributed by atoms with van der Waals surface area (Å²) in [6.07, 6.45) is 0.487. The highest BCUT2D eigenvalue weighted by Gasteiger charge is 2.18. The minimum atomic E-state index is -0.331. The quantitative estimate of drug-likeness (QED) is 0.587. The van der Waals surface area contributed by atoms with Crippen LogP contribution in [-0.4, -0.2) is 10.1 Å². The summed E-state index contributed by atoms with van der Waals surface area (Å²) in [4.78, 5) is 4.31. The van der Waals surface area contributed by atoms with Gasteiger partial charge in [0.1, 0.15) is 17.5 Å². The number of hydrogen-bond donors (Lipinski definition) is 1. The van der Waals surface area contributed by atoms with Gasteiger partial charge in [-0.1, -0.05) is 35.5 Å². The highest BCUT2D eigenvalue weighted by Crippen LogP contribution is 2.33. The molecular weight excluding hydrogens is 350 g/mol. The molecule has 0 spiro atoms. The maximum atomic E-state index is 9.06. The largest absolute Gasteiger partial charge is 0.356 e. The Morgan fingerprint density at radius 1 is 1.00 bits per heavy atom. The Balaban J connectivity index is 1.73. The van der Waals surface area contributed by atoms with E-state index in [4.69, 9.17) is 20.8 Å². The van der Waals surface area contributed by atoms with E-state index in [1.54, 1.807) is 24.3 Å². The van der Waals surface area contributed by atoms with Crippen molar-refractivity contribution in [1.82, 2.24) is 10.1 Å². The molecule has 0 bridgehead atoms. The van der Waals surface area contributed by atoms with E-state index < -0.39 is 0 Å². The van der Waals surface area contributed by atoms with Gasteiger partial charge in [0.15, 0.2) is 5.58 Å². The fourth-order valence-corrected chi connectivity index (χ4v) is 3.23. The third-order valence-electron chi connectivity index (χ3n) is 4.57. The van der Waals surface area contributed by atoms with Crippen molar-refractivity contribution < 1.29 is 4.52 Å². The van der Waals surface area contributed by atoms with Crippen LogP contribution in [0.15, 0.2) is 65.2 Å². The molecule has 28 heavy (non-hydrogen) atoms. The summed E-state index contributed by atoms with van der Waals surface area (Å²) in [7, 11) is 0. The molecule has 4 rings (SSSR count). The Bertz CT molecular complexity index is 1250. The van der Waals surface area contributed by atoms with Crippen molar-refractivity contribution in [1.29, 1.82) is 10.5 Å². The van der Waals surface area contributed by atoms with Gasteiger partial charge in [-0.05, 0) is 29.8 Å². The summed E-state index contributed by atoms with van der Waals surface area (Å²) in [5.74, 6) is 0. The molecule has 6 heteroatoms. The molecule has 134 valence electrons. The van der Waals surface area contributed by atoms with E-state index in [1.165, 1.54) is 0 Å². The zero-order valence-corrected chi connectivity index (χ0v) is 14.8. The summed E-state index contributed by atoms with van der Waals surface area (Å²) in [5, 5.41) is 23.1. The van der Waals surface area contributed by atoms with Gasteiger partial charge in [-0.3, -0.25) is 0 Å². The molecule has 2 heterocycles. The van der Waals surface area contributed by atoms with Gasteiger partial charge in [0.2, 0.25) is 0 Å². The molecule has 6 nitrogen and oxygen atoms in total. The van der Waals surface area contributed by atoms with E-state index in [-0.39, 0.29) is 6.04 Å². The van der Waals surface area contributed by atoms with Crippen LogP contribution in [0.2, 0.25) is 0 Å². The standard InChI is InChI=1S/C22H15N5O/c23-12-14-8-9-19-21(10-14)28-27-22(19)18-7-2-1-6-17(18)20(25)11-15-4-3-5-16(13-24)26-15/h1-10,20H,11,25H2. The van der Waals surface area contributed by atoms with Crippen molar-refractivity contribution >= 4 is 11.0 Å². The van der Waals surface area contributed by atoms with Gasteiger partial charge >= 0.3 is 0 Å².